The number of fused-ring (bicyclic) bond motifs is 1. The number of aromatic nitrogens is 8. The van der Waals surface area contributed by atoms with Crippen LogP contribution in [0, 0.1) is 6.92 Å². The van der Waals surface area contributed by atoms with Gasteiger partial charge in [-0.2, -0.15) is 0 Å². The van der Waals surface area contributed by atoms with Gasteiger partial charge >= 0.3 is 0 Å². The van der Waals surface area contributed by atoms with Crippen LogP contribution >= 0.6 is 0 Å². The highest BCUT2D eigenvalue weighted by Gasteiger charge is 2.21. The third-order valence-electron chi connectivity index (χ3n) is 4.82. The van der Waals surface area contributed by atoms with Crippen LogP contribution in [0.5, 0.6) is 0 Å². The number of rotatable bonds is 3. The van der Waals surface area contributed by atoms with Gasteiger partial charge in [-0.1, -0.05) is 0 Å². The highest BCUT2D eigenvalue weighted by atomic mass is 15.3. The number of imidazole rings is 2. The maximum Gasteiger partial charge on any atom is 0.182 e. The summed E-state index contributed by atoms with van der Waals surface area (Å²) in [5.41, 5.74) is 1.57. The van der Waals surface area contributed by atoms with Crippen molar-refractivity contribution >= 4 is 22.8 Å². The van der Waals surface area contributed by atoms with Gasteiger partial charge in [-0.05, 0) is 19.1 Å². The van der Waals surface area contributed by atoms with E-state index in [1.165, 1.54) is 0 Å². The van der Waals surface area contributed by atoms with Crippen LogP contribution in [0.25, 0.3) is 17.0 Å². The first kappa shape index (κ1) is 15.7. The van der Waals surface area contributed by atoms with E-state index < -0.39 is 0 Å². The van der Waals surface area contributed by atoms with E-state index >= 15 is 0 Å². The summed E-state index contributed by atoms with van der Waals surface area (Å²) >= 11 is 0. The van der Waals surface area contributed by atoms with Crippen LogP contribution in [-0.4, -0.2) is 65.9 Å². The zero-order chi connectivity index (χ0) is 18.2. The highest BCUT2D eigenvalue weighted by molar-refractivity contribution is 5.82. The van der Waals surface area contributed by atoms with Gasteiger partial charge in [0.2, 0.25) is 0 Å². The summed E-state index contributed by atoms with van der Waals surface area (Å²) in [7, 11) is 0. The van der Waals surface area contributed by atoms with Crippen molar-refractivity contribution in [1.29, 1.82) is 0 Å². The molecule has 0 atom stereocenters. The molecule has 0 saturated carbocycles. The predicted molar refractivity (Wildman–Crippen MR) is 100 cm³/mol. The van der Waals surface area contributed by atoms with Gasteiger partial charge in [-0.15, -0.1) is 10.2 Å². The summed E-state index contributed by atoms with van der Waals surface area (Å²) < 4.78 is 1.92. The quantitative estimate of drug-likeness (QED) is 0.575. The second kappa shape index (κ2) is 6.31. The SMILES string of the molecule is Cc1nccn1-c1ccc(N2CCN(c3ncnc4nc[nH]c34)CC2)nn1. The second-order valence-electron chi connectivity index (χ2n) is 6.37. The van der Waals surface area contributed by atoms with Crippen molar-refractivity contribution in [2.45, 2.75) is 6.92 Å². The zero-order valence-corrected chi connectivity index (χ0v) is 14.8. The van der Waals surface area contributed by atoms with Gasteiger partial charge in [0, 0.05) is 38.6 Å². The number of anilines is 2. The number of aromatic amines is 1. The summed E-state index contributed by atoms with van der Waals surface area (Å²) in [6.45, 7) is 5.32. The molecule has 0 unspecified atom stereocenters. The number of H-pyrrole nitrogens is 1. The lowest BCUT2D eigenvalue weighted by molar-refractivity contribution is 0.638. The molecule has 10 nitrogen and oxygen atoms in total. The number of hydrogen-bond donors (Lipinski definition) is 1. The highest BCUT2D eigenvalue weighted by Crippen LogP contribution is 2.22. The molecular formula is C17H18N10. The minimum Gasteiger partial charge on any atom is -0.352 e. The molecule has 0 aromatic carbocycles. The molecule has 0 spiro atoms. The van der Waals surface area contributed by atoms with Crippen molar-refractivity contribution in [3.05, 3.63) is 43.0 Å². The van der Waals surface area contributed by atoms with E-state index in [2.05, 4.69) is 44.9 Å². The molecule has 27 heavy (non-hydrogen) atoms. The molecule has 5 rings (SSSR count). The Kier molecular flexibility index (Phi) is 3.66. The Bertz CT molecular complexity index is 1060. The third kappa shape index (κ3) is 2.75. The normalized spacial score (nSPS) is 14.9. The molecule has 1 fully saturated rings. The first-order valence-electron chi connectivity index (χ1n) is 8.77. The van der Waals surface area contributed by atoms with Gasteiger partial charge < -0.3 is 14.8 Å². The molecule has 1 aliphatic rings. The summed E-state index contributed by atoms with van der Waals surface area (Å²) in [6, 6.07) is 3.98. The van der Waals surface area contributed by atoms with Crippen LogP contribution in [0.1, 0.15) is 5.82 Å². The van der Waals surface area contributed by atoms with Crippen LogP contribution in [0.15, 0.2) is 37.2 Å². The van der Waals surface area contributed by atoms with Crippen molar-refractivity contribution in [3.8, 4) is 5.82 Å². The molecule has 1 aliphatic heterocycles. The molecule has 4 aromatic rings. The van der Waals surface area contributed by atoms with E-state index in [4.69, 9.17) is 0 Å². The van der Waals surface area contributed by atoms with E-state index in [0.717, 1.165) is 55.0 Å². The maximum atomic E-state index is 4.44. The van der Waals surface area contributed by atoms with Crippen molar-refractivity contribution in [2.75, 3.05) is 36.0 Å². The first-order chi connectivity index (χ1) is 13.3. The van der Waals surface area contributed by atoms with Crippen LogP contribution in [0.2, 0.25) is 0 Å². The Morgan fingerprint density at radius 2 is 1.67 bits per heavy atom. The molecule has 136 valence electrons. The largest absolute Gasteiger partial charge is 0.352 e. The van der Waals surface area contributed by atoms with Gasteiger partial charge in [0.25, 0.3) is 0 Å². The van der Waals surface area contributed by atoms with Gasteiger partial charge in [0.05, 0.1) is 6.33 Å². The topological polar surface area (TPSA) is 105 Å². The maximum absolute atomic E-state index is 4.44. The second-order valence-corrected chi connectivity index (χ2v) is 6.37. The Morgan fingerprint density at radius 3 is 2.41 bits per heavy atom. The van der Waals surface area contributed by atoms with Gasteiger partial charge in [0.1, 0.15) is 17.7 Å². The Balaban J connectivity index is 1.30. The van der Waals surface area contributed by atoms with Crippen LogP contribution in [0.4, 0.5) is 11.6 Å². The third-order valence-corrected chi connectivity index (χ3v) is 4.82. The van der Waals surface area contributed by atoms with Gasteiger partial charge in [-0.25, -0.2) is 19.9 Å². The average Bonchev–Trinajstić information content (AvgIpc) is 3.37. The molecule has 0 bridgehead atoms. The molecule has 4 aromatic heterocycles. The number of hydrogen-bond acceptors (Lipinski definition) is 8. The van der Waals surface area contributed by atoms with Crippen LogP contribution in [-0.2, 0) is 0 Å². The summed E-state index contributed by atoms with van der Waals surface area (Å²) in [5, 5.41) is 8.76. The summed E-state index contributed by atoms with van der Waals surface area (Å²) in [5.74, 6) is 3.44. The number of nitrogens with zero attached hydrogens (tertiary/aromatic N) is 9. The van der Waals surface area contributed by atoms with Crippen molar-refractivity contribution in [2.24, 2.45) is 0 Å². The number of aryl methyl sites for hydroxylation is 1. The lowest BCUT2D eigenvalue weighted by atomic mass is 10.3. The Hall–Kier alpha value is -3.56. The zero-order valence-electron chi connectivity index (χ0n) is 14.8. The minimum absolute atomic E-state index is 0.693. The molecule has 10 heteroatoms. The van der Waals surface area contributed by atoms with Gasteiger partial charge in [-0.3, -0.25) is 4.57 Å². The number of nitrogens with one attached hydrogen (secondary N) is 1. The molecule has 0 radical (unpaired) electrons. The molecule has 5 heterocycles. The van der Waals surface area contributed by atoms with Crippen LogP contribution in [0.3, 0.4) is 0 Å². The predicted octanol–water partition coefficient (Wildman–Crippen LogP) is 0.964. The van der Waals surface area contributed by atoms with Crippen molar-refractivity contribution < 1.29 is 0 Å². The Labute approximate surface area is 154 Å². The summed E-state index contributed by atoms with van der Waals surface area (Å²) in [4.78, 5) is 24.7. The Morgan fingerprint density at radius 1 is 0.889 bits per heavy atom. The first-order valence-corrected chi connectivity index (χ1v) is 8.77. The minimum atomic E-state index is 0.693. The summed E-state index contributed by atoms with van der Waals surface area (Å²) in [6.07, 6.45) is 6.86. The van der Waals surface area contributed by atoms with E-state index in [9.17, 15) is 0 Å². The van der Waals surface area contributed by atoms with E-state index in [0.29, 0.717) is 5.65 Å². The lowest BCUT2D eigenvalue weighted by Crippen LogP contribution is -2.47. The fraction of sp³-hybridized carbons (Fsp3) is 0.294. The molecule has 0 aliphatic carbocycles. The average molecular weight is 362 g/mol. The van der Waals surface area contributed by atoms with E-state index in [1.54, 1.807) is 18.9 Å². The molecule has 1 N–H and O–H groups in total. The fourth-order valence-electron chi connectivity index (χ4n) is 3.37. The molecule has 1 saturated heterocycles. The molecule has 0 amide bonds. The monoisotopic (exact) mass is 362 g/mol. The van der Waals surface area contributed by atoms with E-state index in [1.807, 2.05) is 29.8 Å². The number of piperazine rings is 1. The fourth-order valence-corrected chi connectivity index (χ4v) is 3.37. The lowest BCUT2D eigenvalue weighted by Gasteiger charge is -2.35. The van der Waals surface area contributed by atoms with Crippen molar-refractivity contribution in [3.63, 3.8) is 0 Å². The van der Waals surface area contributed by atoms with Crippen LogP contribution < -0.4 is 9.80 Å². The van der Waals surface area contributed by atoms with Crippen molar-refractivity contribution in [1.82, 2.24) is 39.7 Å². The molecular weight excluding hydrogens is 344 g/mol. The van der Waals surface area contributed by atoms with E-state index in [-0.39, 0.29) is 0 Å². The smallest absolute Gasteiger partial charge is 0.182 e. The van der Waals surface area contributed by atoms with Gasteiger partial charge in [0.15, 0.2) is 23.1 Å². The standard InChI is InChI=1S/C17H18N10/c1-12-18-4-5-27(12)14-3-2-13(23-24-14)25-6-8-26(9-7-25)17-15-16(20-10-19-15)21-11-22-17/h2-5,10-11H,6-9H2,1H3,(H,19,20,21,22).